The first-order valence-electron chi connectivity index (χ1n) is 9.31. The van der Waals surface area contributed by atoms with Gasteiger partial charge in [-0.2, -0.15) is 5.10 Å². The van der Waals surface area contributed by atoms with Gasteiger partial charge in [-0.25, -0.2) is 10.2 Å². The molecule has 3 aromatic carbocycles. The summed E-state index contributed by atoms with van der Waals surface area (Å²) in [5.74, 6) is -0.508. The van der Waals surface area contributed by atoms with Crippen molar-refractivity contribution < 1.29 is 14.3 Å². The Labute approximate surface area is 197 Å². The number of benzene rings is 3. The number of anilines is 1. The number of rotatable bonds is 7. The SMILES string of the molecule is Cc1ccc(NCC(=O)N/N=C\c2cc(Br)cc(Br)c2OC(=O)c2ccccc2)cc1. The lowest BCUT2D eigenvalue weighted by Gasteiger charge is -2.10. The zero-order chi connectivity index (χ0) is 22.2. The van der Waals surface area contributed by atoms with E-state index in [0.717, 1.165) is 15.7 Å². The zero-order valence-corrected chi connectivity index (χ0v) is 19.7. The number of ether oxygens (including phenoxy) is 1. The molecule has 0 saturated carbocycles. The van der Waals surface area contributed by atoms with Crippen LogP contribution in [0.2, 0.25) is 0 Å². The van der Waals surface area contributed by atoms with Crippen LogP contribution in [0.3, 0.4) is 0 Å². The molecule has 0 fully saturated rings. The molecule has 158 valence electrons. The second-order valence-corrected chi connectivity index (χ2v) is 8.34. The fraction of sp³-hybridized carbons (Fsp3) is 0.0870. The first-order valence-corrected chi connectivity index (χ1v) is 10.9. The summed E-state index contributed by atoms with van der Waals surface area (Å²) < 4.78 is 6.89. The van der Waals surface area contributed by atoms with E-state index in [1.165, 1.54) is 6.21 Å². The Hall–Kier alpha value is -2.97. The summed E-state index contributed by atoms with van der Waals surface area (Å²) >= 11 is 6.81. The predicted octanol–water partition coefficient (Wildman–Crippen LogP) is 5.30. The summed E-state index contributed by atoms with van der Waals surface area (Å²) in [7, 11) is 0. The molecule has 1 amide bonds. The minimum Gasteiger partial charge on any atom is -0.421 e. The van der Waals surface area contributed by atoms with Crippen LogP contribution < -0.4 is 15.5 Å². The van der Waals surface area contributed by atoms with E-state index in [1.807, 2.05) is 37.3 Å². The molecule has 0 aliphatic heterocycles. The molecular weight excluding hydrogens is 526 g/mol. The van der Waals surface area contributed by atoms with Gasteiger partial charge in [0.25, 0.3) is 5.91 Å². The molecule has 0 aromatic heterocycles. The summed E-state index contributed by atoms with van der Waals surface area (Å²) in [5, 5.41) is 7.02. The van der Waals surface area contributed by atoms with E-state index in [1.54, 1.807) is 36.4 Å². The second-order valence-electron chi connectivity index (χ2n) is 6.57. The molecule has 0 radical (unpaired) electrons. The highest BCUT2D eigenvalue weighted by molar-refractivity contribution is 9.11. The van der Waals surface area contributed by atoms with Gasteiger partial charge in [-0.15, -0.1) is 0 Å². The number of hydrazone groups is 1. The Kier molecular flexibility index (Phi) is 7.97. The van der Waals surface area contributed by atoms with Gasteiger partial charge in [0.2, 0.25) is 0 Å². The zero-order valence-electron chi connectivity index (χ0n) is 16.6. The fourth-order valence-electron chi connectivity index (χ4n) is 2.58. The Morgan fingerprint density at radius 3 is 2.45 bits per heavy atom. The summed E-state index contributed by atoms with van der Waals surface area (Å²) in [6.07, 6.45) is 1.42. The Morgan fingerprint density at radius 2 is 1.74 bits per heavy atom. The van der Waals surface area contributed by atoms with Crippen molar-refractivity contribution in [3.63, 3.8) is 0 Å². The second kappa shape index (κ2) is 10.9. The average Bonchev–Trinajstić information content (AvgIpc) is 2.76. The van der Waals surface area contributed by atoms with Crippen LogP contribution in [0.15, 0.2) is 80.8 Å². The molecule has 0 heterocycles. The van der Waals surface area contributed by atoms with Crippen molar-refractivity contribution in [2.24, 2.45) is 5.10 Å². The summed E-state index contributed by atoms with van der Waals surface area (Å²) in [5.41, 5.74) is 5.38. The van der Waals surface area contributed by atoms with E-state index < -0.39 is 5.97 Å². The third-order valence-corrected chi connectivity index (χ3v) is 5.19. The van der Waals surface area contributed by atoms with Crippen LogP contribution in [0, 0.1) is 6.92 Å². The van der Waals surface area contributed by atoms with Crippen molar-refractivity contribution in [1.29, 1.82) is 0 Å². The smallest absolute Gasteiger partial charge is 0.343 e. The quantitative estimate of drug-likeness (QED) is 0.183. The van der Waals surface area contributed by atoms with Crippen LogP contribution in [0.4, 0.5) is 5.69 Å². The van der Waals surface area contributed by atoms with Crippen LogP contribution in [-0.4, -0.2) is 24.6 Å². The van der Waals surface area contributed by atoms with Crippen LogP contribution in [0.1, 0.15) is 21.5 Å². The van der Waals surface area contributed by atoms with Crippen molar-refractivity contribution in [3.8, 4) is 5.75 Å². The lowest BCUT2D eigenvalue weighted by atomic mass is 10.2. The lowest BCUT2D eigenvalue weighted by molar-refractivity contribution is -0.119. The van der Waals surface area contributed by atoms with Crippen LogP contribution >= 0.6 is 31.9 Å². The van der Waals surface area contributed by atoms with Gasteiger partial charge in [0.05, 0.1) is 22.8 Å². The first kappa shape index (κ1) is 22.7. The highest BCUT2D eigenvalue weighted by Gasteiger charge is 2.15. The van der Waals surface area contributed by atoms with Gasteiger partial charge in [0.1, 0.15) is 0 Å². The number of carbonyl (C=O) groups excluding carboxylic acids is 2. The third-order valence-electron chi connectivity index (χ3n) is 4.14. The number of aryl methyl sites for hydroxylation is 1. The molecule has 0 bridgehead atoms. The minimum absolute atomic E-state index is 0.0679. The van der Waals surface area contributed by atoms with E-state index in [4.69, 9.17) is 4.74 Å². The van der Waals surface area contributed by atoms with Gasteiger partial charge in [0, 0.05) is 15.7 Å². The molecule has 6 nitrogen and oxygen atoms in total. The number of amides is 1. The van der Waals surface area contributed by atoms with Gasteiger partial charge in [-0.3, -0.25) is 4.79 Å². The molecule has 2 N–H and O–H groups in total. The summed E-state index contributed by atoms with van der Waals surface area (Å²) in [6, 6.07) is 19.9. The van der Waals surface area contributed by atoms with E-state index in [9.17, 15) is 9.59 Å². The van der Waals surface area contributed by atoms with Gasteiger partial charge < -0.3 is 10.1 Å². The molecular formula is C23H19Br2N3O3. The van der Waals surface area contributed by atoms with Crippen molar-refractivity contribution in [3.05, 3.63) is 92.4 Å². The number of nitrogens with zero attached hydrogens (tertiary/aromatic N) is 1. The van der Waals surface area contributed by atoms with E-state index in [0.29, 0.717) is 21.3 Å². The standard InChI is InChI=1S/C23H19Br2N3O3/c1-15-7-9-19(10-8-15)26-14-21(29)28-27-13-17-11-18(24)12-20(25)22(17)31-23(30)16-5-3-2-4-6-16/h2-13,26H,14H2,1H3,(H,28,29)/b27-13-. The maximum Gasteiger partial charge on any atom is 0.343 e. The van der Waals surface area contributed by atoms with Gasteiger partial charge in [-0.05, 0) is 59.3 Å². The molecule has 0 aliphatic carbocycles. The molecule has 3 aromatic rings. The van der Waals surface area contributed by atoms with E-state index >= 15 is 0 Å². The van der Waals surface area contributed by atoms with Gasteiger partial charge in [-0.1, -0.05) is 51.8 Å². The summed E-state index contributed by atoms with van der Waals surface area (Å²) in [6.45, 7) is 2.06. The number of carbonyl (C=O) groups is 2. The van der Waals surface area contributed by atoms with E-state index in [-0.39, 0.29) is 12.5 Å². The van der Waals surface area contributed by atoms with Crippen LogP contribution in [0.5, 0.6) is 5.75 Å². The number of esters is 1. The molecule has 0 atom stereocenters. The maximum atomic E-state index is 12.4. The monoisotopic (exact) mass is 543 g/mol. The van der Waals surface area contributed by atoms with Crippen LogP contribution in [0.25, 0.3) is 0 Å². The lowest BCUT2D eigenvalue weighted by Crippen LogP contribution is -2.25. The predicted molar refractivity (Wildman–Crippen MR) is 129 cm³/mol. The number of halogens is 2. The Balaban J connectivity index is 1.65. The van der Waals surface area contributed by atoms with Crippen LogP contribution in [-0.2, 0) is 4.79 Å². The Morgan fingerprint density at radius 1 is 1.03 bits per heavy atom. The molecule has 0 unspecified atom stereocenters. The molecule has 31 heavy (non-hydrogen) atoms. The average molecular weight is 545 g/mol. The maximum absolute atomic E-state index is 12.4. The third kappa shape index (κ3) is 6.77. The number of hydrogen-bond donors (Lipinski definition) is 2. The van der Waals surface area contributed by atoms with E-state index in [2.05, 4.69) is 47.7 Å². The van der Waals surface area contributed by atoms with Crippen molar-refractivity contribution in [2.45, 2.75) is 6.92 Å². The van der Waals surface area contributed by atoms with Crippen molar-refractivity contribution >= 4 is 55.6 Å². The number of nitrogens with one attached hydrogen (secondary N) is 2. The minimum atomic E-state index is -0.496. The highest BCUT2D eigenvalue weighted by atomic mass is 79.9. The van der Waals surface area contributed by atoms with Gasteiger partial charge in [0.15, 0.2) is 5.75 Å². The molecule has 8 heteroatoms. The topological polar surface area (TPSA) is 79.8 Å². The molecule has 0 aliphatic rings. The summed E-state index contributed by atoms with van der Waals surface area (Å²) in [4.78, 5) is 24.5. The highest BCUT2D eigenvalue weighted by Crippen LogP contribution is 2.32. The molecule has 0 saturated heterocycles. The normalized spacial score (nSPS) is 10.7. The largest absolute Gasteiger partial charge is 0.421 e. The molecule has 0 spiro atoms. The van der Waals surface area contributed by atoms with Crippen molar-refractivity contribution in [2.75, 3.05) is 11.9 Å². The number of hydrogen-bond acceptors (Lipinski definition) is 5. The fourth-order valence-corrected chi connectivity index (χ4v) is 3.92. The first-order chi connectivity index (χ1) is 14.9. The molecule has 3 rings (SSSR count). The van der Waals surface area contributed by atoms with Crippen molar-refractivity contribution in [1.82, 2.24) is 5.43 Å². The van der Waals surface area contributed by atoms with Gasteiger partial charge >= 0.3 is 5.97 Å². The Bertz CT molecular complexity index is 1100.